The zero-order chi connectivity index (χ0) is 15.7. The van der Waals surface area contributed by atoms with Crippen LogP contribution >= 0.6 is 0 Å². The standard InChI is InChI=1S/C17H16N2O3/c1-10-3-5-13(7-11(10)2)18-17(21)12-4-6-14-15(8-12)22-9-16(20)19-14/h3-8H,9H2,1-2H3,(H,18,21)(H,19,20). The number of anilines is 2. The van der Waals surface area contributed by atoms with Gasteiger partial charge in [-0.25, -0.2) is 0 Å². The van der Waals surface area contributed by atoms with Gasteiger partial charge < -0.3 is 15.4 Å². The van der Waals surface area contributed by atoms with E-state index in [1.807, 2.05) is 32.0 Å². The minimum Gasteiger partial charge on any atom is -0.482 e. The number of hydrogen-bond donors (Lipinski definition) is 2. The number of carbonyl (C=O) groups is 2. The molecule has 5 heteroatoms. The minimum atomic E-state index is -0.216. The summed E-state index contributed by atoms with van der Waals surface area (Å²) < 4.78 is 5.32. The van der Waals surface area contributed by atoms with Gasteiger partial charge in [-0.3, -0.25) is 9.59 Å². The van der Waals surface area contributed by atoms with Crippen molar-refractivity contribution < 1.29 is 14.3 Å². The predicted octanol–water partition coefficient (Wildman–Crippen LogP) is 2.89. The SMILES string of the molecule is Cc1ccc(NC(=O)c2ccc3c(c2)OCC(=O)N3)cc1C. The summed E-state index contributed by atoms with van der Waals surface area (Å²) in [6, 6.07) is 10.7. The van der Waals surface area contributed by atoms with E-state index < -0.39 is 0 Å². The van der Waals surface area contributed by atoms with Crippen LogP contribution in [0.1, 0.15) is 21.5 Å². The van der Waals surface area contributed by atoms with Crippen LogP contribution in [0.15, 0.2) is 36.4 Å². The molecule has 0 bridgehead atoms. The first kappa shape index (κ1) is 14.1. The van der Waals surface area contributed by atoms with E-state index in [0.717, 1.165) is 11.3 Å². The van der Waals surface area contributed by atoms with Crippen LogP contribution in [-0.2, 0) is 4.79 Å². The van der Waals surface area contributed by atoms with Crippen LogP contribution < -0.4 is 15.4 Å². The molecule has 2 amide bonds. The van der Waals surface area contributed by atoms with Crippen molar-refractivity contribution in [1.29, 1.82) is 0 Å². The first-order chi connectivity index (χ1) is 10.5. The summed E-state index contributed by atoms with van der Waals surface area (Å²) in [6.07, 6.45) is 0. The van der Waals surface area contributed by atoms with Crippen LogP contribution in [0.4, 0.5) is 11.4 Å². The van der Waals surface area contributed by atoms with Crippen LogP contribution in [0.25, 0.3) is 0 Å². The van der Waals surface area contributed by atoms with Crippen LogP contribution in [0.2, 0.25) is 0 Å². The summed E-state index contributed by atoms with van der Waals surface area (Å²) in [6.45, 7) is 3.99. The van der Waals surface area contributed by atoms with Gasteiger partial charge in [-0.1, -0.05) is 6.07 Å². The Hall–Kier alpha value is -2.82. The maximum atomic E-state index is 12.3. The maximum absolute atomic E-state index is 12.3. The van der Waals surface area contributed by atoms with Crippen molar-refractivity contribution in [2.24, 2.45) is 0 Å². The average Bonchev–Trinajstić information content (AvgIpc) is 2.50. The van der Waals surface area contributed by atoms with Crippen LogP contribution in [0.3, 0.4) is 0 Å². The van der Waals surface area contributed by atoms with E-state index >= 15 is 0 Å². The van der Waals surface area contributed by atoms with Gasteiger partial charge in [-0.05, 0) is 55.3 Å². The predicted molar refractivity (Wildman–Crippen MR) is 84.4 cm³/mol. The molecular weight excluding hydrogens is 280 g/mol. The minimum absolute atomic E-state index is 0.0325. The molecule has 0 atom stereocenters. The van der Waals surface area contributed by atoms with Gasteiger partial charge in [-0.15, -0.1) is 0 Å². The number of amides is 2. The van der Waals surface area contributed by atoms with Crippen molar-refractivity contribution in [3.05, 3.63) is 53.1 Å². The molecule has 2 aromatic rings. The number of rotatable bonds is 2. The molecule has 1 heterocycles. The molecule has 0 aliphatic carbocycles. The number of hydrogen-bond acceptors (Lipinski definition) is 3. The Labute approximate surface area is 128 Å². The molecule has 3 rings (SSSR count). The molecule has 0 saturated heterocycles. The Morgan fingerprint density at radius 2 is 1.95 bits per heavy atom. The number of nitrogens with one attached hydrogen (secondary N) is 2. The Morgan fingerprint density at radius 1 is 1.14 bits per heavy atom. The van der Waals surface area contributed by atoms with E-state index in [-0.39, 0.29) is 18.4 Å². The second-order valence-electron chi connectivity index (χ2n) is 5.30. The highest BCUT2D eigenvalue weighted by Gasteiger charge is 2.17. The highest BCUT2D eigenvalue weighted by molar-refractivity contribution is 6.05. The third kappa shape index (κ3) is 2.79. The molecule has 0 radical (unpaired) electrons. The molecule has 1 aliphatic heterocycles. The number of benzene rings is 2. The van der Waals surface area contributed by atoms with Gasteiger partial charge in [-0.2, -0.15) is 0 Å². The summed E-state index contributed by atoms with van der Waals surface area (Å²) in [5, 5.41) is 5.55. The topological polar surface area (TPSA) is 67.4 Å². The van der Waals surface area contributed by atoms with Gasteiger partial charge in [0.2, 0.25) is 0 Å². The monoisotopic (exact) mass is 296 g/mol. The van der Waals surface area contributed by atoms with Crippen LogP contribution in [-0.4, -0.2) is 18.4 Å². The molecule has 1 aliphatic rings. The second-order valence-corrected chi connectivity index (χ2v) is 5.30. The molecule has 0 aromatic heterocycles. The fourth-order valence-electron chi connectivity index (χ4n) is 2.24. The van der Waals surface area contributed by atoms with Gasteiger partial charge in [0.1, 0.15) is 5.75 Å². The molecule has 112 valence electrons. The van der Waals surface area contributed by atoms with E-state index in [0.29, 0.717) is 17.0 Å². The Bertz CT molecular complexity index is 768. The lowest BCUT2D eigenvalue weighted by Crippen LogP contribution is -2.25. The third-order valence-electron chi connectivity index (χ3n) is 3.64. The Kier molecular flexibility index (Phi) is 3.55. The fraction of sp³-hybridized carbons (Fsp3) is 0.176. The summed E-state index contributed by atoms with van der Waals surface area (Å²) in [5.41, 5.74) is 4.11. The first-order valence-electron chi connectivity index (χ1n) is 6.98. The lowest BCUT2D eigenvalue weighted by atomic mass is 10.1. The van der Waals surface area contributed by atoms with E-state index in [1.54, 1.807) is 18.2 Å². The van der Waals surface area contributed by atoms with Crippen molar-refractivity contribution in [2.45, 2.75) is 13.8 Å². The quantitative estimate of drug-likeness (QED) is 0.895. The average molecular weight is 296 g/mol. The fourth-order valence-corrected chi connectivity index (χ4v) is 2.24. The Morgan fingerprint density at radius 3 is 2.73 bits per heavy atom. The number of ether oxygens (including phenoxy) is 1. The maximum Gasteiger partial charge on any atom is 0.262 e. The molecular formula is C17H16N2O3. The van der Waals surface area contributed by atoms with Crippen molar-refractivity contribution in [3.63, 3.8) is 0 Å². The van der Waals surface area contributed by atoms with Gasteiger partial charge in [0, 0.05) is 11.3 Å². The summed E-state index contributed by atoms with van der Waals surface area (Å²) >= 11 is 0. The second kappa shape index (κ2) is 5.52. The molecule has 22 heavy (non-hydrogen) atoms. The lowest BCUT2D eigenvalue weighted by molar-refractivity contribution is -0.118. The highest BCUT2D eigenvalue weighted by Crippen LogP contribution is 2.28. The van der Waals surface area contributed by atoms with Crippen LogP contribution in [0, 0.1) is 13.8 Å². The van der Waals surface area contributed by atoms with Crippen molar-refractivity contribution in [2.75, 3.05) is 17.2 Å². The molecule has 0 unspecified atom stereocenters. The van der Waals surface area contributed by atoms with Gasteiger partial charge in [0.05, 0.1) is 5.69 Å². The summed E-state index contributed by atoms with van der Waals surface area (Å²) in [7, 11) is 0. The normalized spacial score (nSPS) is 12.9. The number of fused-ring (bicyclic) bond motifs is 1. The van der Waals surface area contributed by atoms with Gasteiger partial charge in [0.15, 0.2) is 6.61 Å². The largest absolute Gasteiger partial charge is 0.482 e. The third-order valence-corrected chi connectivity index (χ3v) is 3.64. The lowest BCUT2D eigenvalue weighted by Gasteiger charge is -2.18. The van der Waals surface area contributed by atoms with Gasteiger partial charge >= 0.3 is 0 Å². The number of aryl methyl sites for hydroxylation is 2. The van der Waals surface area contributed by atoms with Crippen molar-refractivity contribution in [3.8, 4) is 5.75 Å². The van der Waals surface area contributed by atoms with Crippen LogP contribution in [0.5, 0.6) is 5.75 Å². The molecule has 2 aromatic carbocycles. The van der Waals surface area contributed by atoms with Gasteiger partial charge in [0.25, 0.3) is 11.8 Å². The van der Waals surface area contributed by atoms with E-state index in [4.69, 9.17) is 4.74 Å². The van der Waals surface area contributed by atoms with Crippen molar-refractivity contribution >= 4 is 23.2 Å². The smallest absolute Gasteiger partial charge is 0.262 e. The van der Waals surface area contributed by atoms with E-state index in [1.165, 1.54) is 5.56 Å². The van der Waals surface area contributed by atoms with E-state index in [2.05, 4.69) is 10.6 Å². The zero-order valence-corrected chi connectivity index (χ0v) is 12.4. The molecule has 0 spiro atoms. The van der Waals surface area contributed by atoms with E-state index in [9.17, 15) is 9.59 Å². The summed E-state index contributed by atoms with van der Waals surface area (Å²) in [5.74, 6) is 0.0960. The Balaban J connectivity index is 1.80. The highest BCUT2D eigenvalue weighted by atomic mass is 16.5. The zero-order valence-electron chi connectivity index (χ0n) is 12.4. The molecule has 0 saturated carbocycles. The molecule has 2 N–H and O–H groups in total. The first-order valence-corrected chi connectivity index (χ1v) is 6.98. The molecule has 0 fully saturated rings. The van der Waals surface area contributed by atoms with Crippen molar-refractivity contribution in [1.82, 2.24) is 0 Å². The number of carbonyl (C=O) groups excluding carboxylic acids is 2. The summed E-state index contributed by atoms with van der Waals surface area (Å²) in [4.78, 5) is 23.5. The molecule has 5 nitrogen and oxygen atoms in total.